The largest absolute Gasteiger partial charge is 0.494 e. The molecule has 0 spiro atoms. The van der Waals surface area contributed by atoms with Gasteiger partial charge in [0.1, 0.15) is 11.3 Å². The van der Waals surface area contributed by atoms with Gasteiger partial charge in [-0.05, 0) is 74.0 Å². The highest BCUT2D eigenvalue weighted by atomic mass is 32.2. The molecule has 0 aliphatic carbocycles. The number of anilines is 1. The van der Waals surface area contributed by atoms with E-state index in [2.05, 4.69) is 28.9 Å². The van der Waals surface area contributed by atoms with Gasteiger partial charge in [-0.1, -0.05) is 145 Å². The lowest BCUT2D eigenvalue weighted by atomic mass is 10.0. The molecule has 2 unspecified atom stereocenters. The summed E-state index contributed by atoms with van der Waals surface area (Å²) in [6.45, 7) is 4.83. The highest BCUT2D eigenvalue weighted by molar-refractivity contribution is 7.39. The Hall–Kier alpha value is -4.64. The molecule has 0 aliphatic heterocycles. The lowest BCUT2D eigenvalue weighted by Gasteiger charge is -2.24. The van der Waals surface area contributed by atoms with Gasteiger partial charge in [-0.3, -0.25) is 9.59 Å². The zero-order valence-electron chi connectivity index (χ0n) is 35.8. The first kappa shape index (κ1) is 44.9. The van der Waals surface area contributed by atoms with Crippen molar-refractivity contribution in [2.75, 3.05) is 18.5 Å². The minimum atomic E-state index is -1.93. The average Bonchev–Trinajstić information content (AvgIpc) is 3.84. The number of amides is 1. The summed E-state index contributed by atoms with van der Waals surface area (Å²) in [4.78, 5) is 38.2. The fraction of sp³-hybridized carbons (Fsp3) is 0.440. The number of nitrogens with zero attached hydrogens (tertiary/aromatic N) is 3. The number of aryl methyl sites for hydroxylation is 1. The number of ether oxygens (including phenoxy) is 2. The van der Waals surface area contributed by atoms with Crippen LogP contribution in [0.25, 0.3) is 20.4 Å². The van der Waals surface area contributed by atoms with Gasteiger partial charge in [0.2, 0.25) is 10.2 Å². The number of carbonyl (C=O) groups is 2. The number of para-hydroxylation sites is 2. The molecule has 318 valence electrons. The van der Waals surface area contributed by atoms with E-state index in [1.165, 1.54) is 89.9 Å². The Labute approximate surface area is 363 Å². The summed E-state index contributed by atoms with van der Waals surface area (Å²) in [5.74, 6) is -0.299. The molecule has 4 aromatic carbocycles. The summed E-state index contributed by atoms with van der Waals surface area (Å²) in [7, 11) is 0.791. The van der Waals surface area contributed by atoms with Crippen LogP contribution in [-0.2, 0) is 21.5 Å². The van der Waals surface area contributed by atoms with Gasteiger partial charge in [0.25, 0.3) is 5.78 Å². The number of unbranched alkanes of at least 4 members (excludes halogenated alkanes) is 15. The smallest absolute Gasteiger partial charge is 0.394 e. The Kier molecular flexibility index (Phi) is 17.5. The molecule has 60 heavy (non-hydrogen) atoms. The molecule has 2 aromatic heterocycles. The van der Waals surface area contributed by atoms with Crippen LogP contribution in [0.3, 0.4) is 0 Å². The highest BCUT2D eigenvalue weighted by Crippen LogP contribution is 2.48. The summed E-state index contributed by atoms with van der Waals surface area (Å²) < 4.78 is 16.5. The summed E-state index contributed by atoms with van der Waals surface area (Å²) in [5.41, 5.74) is 5.10. The van der Waals surface area contributed by atoms with Crippen LogP contribution in [0.2, 0.25) is 0 Å². The zero-order chi connectivity index (χ0) is 42.0. The fourth-order valence-electron chi connectivity index (χ4n) is 7.72. The normalized spacial score (nSPS) is 13.2. The van der Waals surface area contributed by atoms with Crippen molar-refractivity contribution in [3.63, 3.8) is 0 Å². The number of benzene rings is 4. The number of rotatable bonds is 26. The number of hydrogen-bond acceptors (Lipinski definition) is 7. The van der Waals surface area contributed by atoms with Crippen LogP contribution in [-0.4, -0.2) is 34.5 Å². The molecule has 0 saturated heterocycles. The summed E-state index contributed by atoms with van der Waals surface area (Å²) in [6.07, 6.45) is 21.2. The second kappa shape index (κ2) is 23.4. The van der Waals surface area contributed by atoms with Crippen molar-refractivity contribution in [3.8, 4) is 5.75 Å². The first-order valence-electron chi connectivity index (χ1n) is 22.2. The van der Waals surface area contributed by atoms with Crippen molar-refractivity contribution >= 4 is 65.3 Å². The van der Waals surface area contributed by atoms with E-state index in [4.69, 9.17) is 19.5 Å². The van der Waals surface area contributed by atoms with Crippen LogP contribution in [0.1, 0.15) is 127 Å². The lowest BCUT2D eigenvalue weighted by Crippen LogP contribution is -2.46. The van der Waals surface area contributed by atoms with Crippen LogP contribution in [0.15, 0.2) is 108 Å². The molecule has 0 radical (unpaired) electrons. The topological polar surface area (TPSA) is 94.8 Å². The predicted octanol–water partition coefficient (Wildman–Crippen LogP) is 13.6. The second-order valence-electron chi connectivity index (χ2n) is 15.6. The third kappa shape index (κ3) is 11.8. The van der Waals surface area contributed by atoms with Crippen LogP contribution in [0.5, 0.6) is 5.75 Å². The molecule has 8 nitrogen and oxygen atoms in total. The Morgan fingerprint density at radius 3 is 2.00 bits per heavy atom. The average molecular weight is 848 g/mol. The van der Waals surface area contributed by atoms with Crippen molar-refractivity contribution < 1.29 is 19.1 Å². The Morgan fingerprint density at radius 2 is 1.37 bits per heavy atom. The Bertz CT molecular complexity index is 2310. The summed E-state index contributed by atoms with van der Waals surface area (Å²) >= 11 is 1.60. The van der Waals surface area contributed by atoms with Gasteiger partial charge in [-0.15, -0.1) is 0 Å². The first-order valence-corrected chi connectivity index (χ1v) is 24.3. The van der Waals surface area contributed by atoms with E-state index >= 15 is 0 Å². The molecule has 2 heterocycles. The lowest BCUT2D eigenvalue weighted by molar-refractivity contribution is -0.131. The molecule has 1 amide bonds. The van der Waals surface area contributed by atoms with Crippen molar-refractivity contribution in [1.29, 1.82) is 0 Å². The fourth-order valence-corrected chi connectivity index (χ4v) is 11.0. The first-order chi connectivity index (χ1) is 29.4. The number of Topliss-reactive ketones (excluding diaryl/α,β-unsaturated/α-hetero) is 1. The number of fused-ring (bicyclic) bond motifs is 2. The zero-order valence-corrected chi connectivity index (χ0v) is 37.5. The number of thiazole rings is 2. The number of ketones is 1. The van der Waals surface area contributed by atoms with Crippen molar-refractivity contribution in [3.05, 3.63) is 113 Å². The number of aromatic nitrogens is 2. The number of hydrogen-bond donors (Lipinski definition) is 1. The van der Waals surface area contributed by atoms with E-state index in [-0.39, 0.29) is 6.61 Å². The van der Waals surface area contributed by atoms with Crippen molar-refractivity contribution in [2.24, 2.45) is 12.0 Å². The van der Waals surface area contributed by atoms with Gasteiger partial charge in [-0.25, -0.2) is 4.99 Å². The van der Waals surface area contributed by atoms with E-state index in [0.29, 0.717) is 34.8 Å². The molecular weight excluding hydrogens is 785 g/mol. The maximum Gasteiger partial charge on any atom is 0.394 e. The predicted molar refractivity (Wildman–Crippen MR) is 251 cm³/mol. The van der Waals surface area contributed by atoms with E-state index in [1.807, 2.05) is 67.7 Å². The SMILES string of the molecule is CCCCCCCCCCCCCCCCCCOc1ccc(C(=O)C(OCC)(C(=O)Nc2ccccc2)[s+]2cnc3ccc(N=c4sc5ccccc5n4C)cc32)cc1. The van der Waals surface area contributed by atoms with Gasteiger partial charge < -0.3 is 19.4 Å². The second-order valence-corrected chi connectivity index (χ2v) is 18.5. The quantitative estimate of drug-likeness (QED) is 0.0254. The maximum atomic E-state index is 14.9. The monoisotopic (exact) mass is 847 g/mol. The number of carbonyl (C=O) groups excluding carboxylic acids is 2. The molecule has 0 bridgehead atoms. The standard InChI is InChI=1S/C50H62N4O4S2/c1-4-6-7-8-9-10-11-12-13-14-15-16-17-18-19-25-36-57-42-33-30-39(31-34-42)47(55)50(58-5-2,48(56)52-40-26-21-20-22-27-40)60-38-51-43-35-32-41(37-46(43)60)53-49-54(3)44-28-23-24-29-45(44)59-49/h20-24,26-35,37-38H,4-19,25,36H2,1-3H3/p+1. The van der Waals surface area contributed by atoms with E-state index in [9.17, 15) is 9.59 Å². The highest BCUT2D eigenvalue weighted by Gasteiger charge is 2.59. The maximum absolute atomic E-state index is 14.9. The van der Waals surface area contributed by atoms with Crippen LogP contribution < -0.4 is 14.9 Å². The van der Waals surface area contributed by atoms with Gasteiger partial charge >= 0.3 is 10.8 Å². The van der Waals surface area contributed by atoms with Crippen molar-refractivity contribution in [2.45, 2.75) is 122 Å². The molecule has 10 heteroatoms. The van der Waals surface area contributed by atoms with E-state index in [0.717, 1.165) is 32.6 Å². The molecule has 1 N–H and O–H groups in total. The minimum Gasteiger partial charge on any atom is -0.494 e. The van der Waals surface area contributed by atoms with Crippen LogP contribution in [0, 0.1) is 0 Å². The van der Waals surface area contributed by atoms with Gasteiger partial charge in [0.15, 0.2) is 4.80 Å². The Balaban J connectivity index is 1.09. The number of nitrogens with one attached hydrogen (secondary N) is 1. The third-order valence-electron chi connectivity index (χ3n) is 11.1. The Morgan fingerprint density at radius 1 is 0.750 bits per heavy atom. The van der Waals surface area contributed by atoms with E-state index in [1.54, 1.807) is 48.0 Å². The van der Waals surface area contributed by atoms with E-state index < -0.39 is 27.1 Å². The molecular formula is C50H63N4O4S2+. The molecule has 6 aromatic rings. The van der Waals surface area contributed by atoms with Gasteiger partial charge in [-0.2, -0.15) is 4.98 Å². The minimum absolute atomic E-state index is 0.128. The summed E-state index contributed by atoms with van der Waals surface area (Å²) in [5, 5.41) is 3.00. The van der Waals surface area contributed by atoms with Crippen LogP contribution in [0.4, 0.5) is 11.4 Å². The van der Waals surface area contributed by atoms with Gasteiger partial charge in [0, 0.05) is 24.4 Å². The molecule has 0 saturated carbocycles. The third-order valence-corrected chi connectivity index (χ3v) is 14.4. The van der Waals surface area contributed by atoms with Crippen molar-refractivity contribution in [1.82, 2.24) is 9.55 Å². The molecule has 2 atom stereocenters. The van der Waals surface area contributed by atoms with Crippen LogP contribution >= 0.6 is 21.8 Å². The molecule has 6 rings (SSSR count). The molecule has 0 aliphatic rings. The molecule has 0 fully saturated rings. The van der Waals surface area contributed by atoms with Gasteiger partial charge in [0.05, 0.1) is 39.6 Å². The summed E-state index contributed by atoms with van der Waals surface area (Å²) in [6, 6.07) is 30.2.